The van der Waals surface area contributed by atoms with Gasteiger partial charge in [-0.3, -0.25) is 14.8 Å². The average Bonchev–Trinajstić information content (AvgIpc) is 3.14. The van der Waals surface area contributed by atoms with Crippen LogP contribution < -0.4 is 4.90 Å². The summed E-state index contributed by atoms with van der Waals surface area (Å²) in [5, 5.41) is 10.00. The SMILES string of the molecule is C/N=C\c1ncc(N2C[C@]3(CC[C@](c4ccccc4)(N(C)C)CC3)N(CC3(C#N)CCC3)C2=O)cn1. The molecule has 1 aromatic carbocycles. The van der Waals surface area contributed by atoms with Crippen molar-refractivity contribution in [3.63, 3.8) is 0 Å². The second kappa shape index (κ2) is 9.29. The molecule has 0 unspecified atom stereocenters. The second-order valence-corrected chi connectivity index (χ2v) is 10.9. The highest BCUT2D eigenvalue weighted by atomic mass is 16.2. The monoisotopic (exact) mass is 485 g/mol. The number of amides is 2. The smallest absolute Gasteiger partial charge is 0.315 e. The Morgan fingerprint density at radius 2 is 1.75 bits per heavy atom. The zero-order valence-corrected chi connectivity index (χ0v) is 21.5. The van der Waals surface area contributed by atoms with Gasteiger partial charge < -0.3 is 4.90 Å². The number of aliphatic imine (C=N–C) groups is 1. The number of nitriles is 1. The molecule has 8 nitrogen and oxygen atoms in total. The van der Waals surface area contributed by atoms with Gasteiger partial charge in [0, 0.05) is 19.1 Å². The van der Waals surface area contributed by atoms with E-state index in [1.54, 1.807) is 25.7 Å². The molecule has 0 bridgehead atoms. The first-order valence-electron chi connectivity index (χ1n) is 12.8. The van der Waals surface area contributed by atoms with Crippen LogP contribution in [0.5, 0.6) is 0 Å². The van der Waals surface area contributed by atoms with Crippen LogP contribution in [0.1, 0.15) is 56.3 Å². The molecule has 1 spiro atoms. The highest BCUT2D eigenvalue weighted by Gasteiger charge is 2.57. The van der Waals surface area contributed by atoms with Crippen LogP contribution in [0.25, 0.3) is 0 Å². The van der Waals surface area contributed by atoms with E-state index >= 15 is 0 Å². The third-order valence-electron chi connectivity index (χ3n) is 8.88. The van der Waals surface area contributed by atoms with Gasteiger partial charge in [-0.05, 0) is 58.2 Å². The Labute approximate surface area is 213 Å². The number of aromatic nitrogens is 2. The van der Waals surface area contributed by atoms with Gasteiger partial charge in [0.15, 0.2) is 5.82 Å². The summed E-state index contributed by atoms with van der Waals surface area (Å²) in [6, 6.07) is 13.3. The van der Waals surface area contributed by atoms with Crippen LogP contribution in [-0.2, 0) is 5.54 Å². The minimum Gasteiger partial charge on any atom is -0.315 e. The quantitative estimate of drug-likeness (QED) is 0.571. The summed E-state index contributed by atoms with van der Waals surface area (Å²) in [5.74, 6) is 0.522. The first kappa shape index (κ1) is 24.4. The highest BCUT2D eigenvalue weighted by Crippen LogP contribution is 2.51. The Balaban J connectivity index is 1.47. The molecule has 0 radical (unpaired) electrons. The lowest BCUT2D eigenvalue weighted by Crippen LogP contribution is -2.57. The topological polar surface area (TPSA) is 88.7 Å². The first-order chi connectivity index (χ1) is 17.4. The Hall–Kier alpha value is -3.31. The highest BCUT2D eigenvalue weighted by molar-refractivity contribution is 5.95. The fourth-order valence-corrected chi connectivity index (χ4v) is 6.40. The molecule has 3 fully saturated rings. The Morgan fingerprint density at radius 3 is 2.28 bits per heavy atom. The van der Waals surface area contributed by atoms with Crippen molar-refractivity contribution >= 4 is 17.9 Å². The number of hydrogen-bond donors (Lipinski definition) is 0. The summed E-state index contributed by atoms with van der Waals surface area (Å²) in [6.07, 6.45) is 11.5. The molecule has 2 heterocycles. The maximum Gasteiger partial charge on any atom is 0.325 e. The molecular formula is C28H35N7O. The van der Waals surface area contributed by atoms with E-state index in [-0.39, 0.29) is 17.1 Å². The number of urea groups is 1. The third-order valence-corrected chi connectivity index (χ3v) is 8.88. The van der Waals surface area contributed by atoms with Crippen molar-refractivity contribution in [2.45, 2.75) is 56.0 Å². The zero-order valence-electron chi connectivity index (χ0n) is 21.5. The minimum absolute atomic E-state index is 0.0332. The fraction of sp³-hybridized carbons (Fsp3) is 0.536. The molecule has 2 aromatic rings. The predicted octanol–water partition coefficient (Wildman–Crippen LogP) is 4.23. The summed E-state index contributed by atoms with van der Waals surface area (Å²) < 4.78 is 0. The molecule has 2 aliphatic carbocycles. The van der Waals surface area contributed by atoms with Crippen LogP contribution >= 0.6 is 0 Å². The lowest BCUT2D eigenvalue weighted by molar-refractivity contribution is 0.00826. The molecule has 188 valence electrons. The summed E-state index contributed by atoms with van der Waals surface area (Å²) in [5.41, 5.74) is 1.22. The largest absolute Gasteiger partial charge is 0.325 e. The van der Waals surface area contributed by atoms with E-state index in [4.69, 9.17) is 0 Å². The zero-order chi connectivity index (χ0) is 25.4. The van der Waals surface area contributed by atoms with E-state index in [1.807, 2.05) is 9.80 Å². The van der Waals surface area contributed by atoms with Crippen molar-refractivity contribution in [3.8, 4) is 6.07 Å². The first-order valence-corrected chi connectivity index (χ1v) is 12.8. The summed E-state index contributed by atoms with van der Waals surface area (Å²) in [4.78, 5) is 32.9. The van der Waals surface area contributed by atoms with Gasteiger partial charge in [0.1, 0.15) is 0 Å². The normalized spacial score (nSPS) is 27.6. The maximum absolute atomic E-state index is 13.9. The summed E-state index contributed by atoms with van der Waals surface area (Å²) in [7, 11) is 6.00. The van der Waals surface area contributed by atoms with Crippen molar-refractivity contribution in [2.75, 3.05) is 39.1 Å². The summed E-state index contributed by atoms with van der Waals surface area (Å²) in [6.45, 7) is 1.09. The average molecular weight is 486 g/mol. The van der Waals surface area contributed by atoms with Gasteiger partial charge in [0.25, 0.3) is 0 Å². The van der Waals surface area contributed by atoms with E-state index in [9.17, 15) is 10.1 Å². The number of anilines is 1. The molecular weight excluding hydrogens is 450 g/mol. The van der Waals surface area contributed by atoms with Crippen LogP contribution in [0, 0.1) is 16.7 Å². The number of nitrogens with zero attached hydrogens (tertiary/aromatic N) is 7. The number of benzene rings is 1. The van der Waals surface area contributed by atoms with Gasteiger partial charge in [-0.25, -0.2) is 14.8 Å². The molecule has 0 atom stereocenters. The fourth-order valence-electron chi connectivity index (χ4n) is 6.40. The Bertz CT molecular complexity index is 1160. The van der Waals surface area contributed by atoms with Crippen LogP contribution in [0.2, 0.25) is 0 Å². The van der Waals surface area contributed by atoms with Crippen LogP contribution in [0.3, 0.4) is 0 Å². The molecule has 2 saturated carbocycles. The Morgan fingerprint density at radius 1 is 1.08 bits per heavy atom. The molecule has 8 heteroatoms. The van der Waals surface area contributed by atoms with Gasteiger partial charge >= 0.3 is 6.03 Å². The van der Waals surface area contributed by atoms with Crippen molar-refractivity contribution in [1.29, 1.82) is 5.26 Å². The molecule has 2 amide bonds. The number of hydrogen-bond acceptors (Lipinski definition) is 6. The van der Waals surface area contributed by atoms with Gasteiger partial charge in [-0.2, -0.15) is 5.26 Å². The Kier molecular flexibility index (Phi) is 6.29. The van der Waals surface area contributed by atoms with Crippen LogP contribution in [0.4, 0.5) is 10.5 Å². The second-order valence-electron chi connectivity index (χ2n) is 10.9. The van der Waals surface area contributed by atoms with Crippen molar-refractivity contribution in [3.05, 3.63) is 54.1 Å². The van der Waals surface area contributed by atoms with E-state index in [1.165, 1.54) is 5.56 Å². The molecule has 3 aliphatic rings. The van der Waals surface area contributed by atoms with Gasteiger partial charge in [0.05, 0.1) is 47.9 Å². The van der Waals surface area contributed by atoms with E-state index in [0.717, 1.165) is 44.9 Å². The molecule has 5 rings (SSSR count). The van der Waals surface area contributed by atoms with Gasteiger partial charge in [0.2, 0.25) is 0 Å². The van der Waals surface area contributed by atoms with Crippen LogP contribution in [0.15, 0.2) is 47.7 Å². The molecule has 1 aromatic heterocycles. The number of carbonyl (C=O) groups excluding carboxylic acids is 1. The molecule has 36 heavy (non-hydrogen) atoms. The number of carbonyl (C=O) groups is 1. The predicted molar refractivity (Wildman–Crippen MR) is 140 cm³/mol. The lowest BCUT2D eigenvalue weighted by atomic mass is 9.66. The molecule has 0 N–H and O–H groups in total. The molecule has 1 saturated heterocycles. The van der Waals surface area contributed by atoms with E-state index < -0.39 is 5.41 Å². The number of rotatable bonds is 6. The van der Waals surface area contributed by atoms with Gasteiger partial charge in [-0.1, -0.05) is 36.8 Å². The van der Waals surface area contributed by atoms with Crippen LogP contribution in [-0.4, -0.2) is 71.8 Å². The standard InChI is InChI=1S/C28H35N7O/c1-30-18-24-31-16-23(17-32-24)34-21-27(35(25(34)36)20-26(19-29)10-7-11-26)12-14-28(15-13-27,33(2)3)22-8-5-4-6-9-22/h4-6,8-9,16-18H,7,10-15,20-21H2,1-3H3/b30-18-/t27-,28+. The maximum atomic E-state index is 13.9. The lowest BCUT2D eigenvalue weighted by Gasteiger charge is -2.52. The van der Waals surface area contributed by atoms with Crippen molar-refractivity contribution < 1.29 is 4.79 Å². The van der Waals surface area contributed by atoms with E-state index in [2.05, 4.69) is 70.4 Å². The van der Waals surface area contributed by atoms with Gasteiger partial charge in [-0.15, -0.1) is 0 Å². The summed E-state index contributed by atoms with van der Waals surface area (Å²) >= 11 is 0. The minimum atomic E-state index is -0.424. The van der Waals surface area contributed by atoms with E-state index in [0.29, 0.717) is 24.6 Å². The third kappa shape index (κ3) is 3.96. The molecule has 1 aliphatic heterocycles. The van der Waals surface area contributed by atoms with Crippen molar-refractivity contribution in [2.24, 2.45) is 10.4 Å². The van der Waals surface area contributed by atoms with Crippen molar-refractivity contribution in [1.82, 2.24) is 19.8 Å².